The van der Waals surface area contributed by atoms with Gasteiger partial charge in [0.1, 0.15) is 0 Å². The second-order valence-electron chi connectivity index (χ2n) is 6.86. The van der Waals surface area contributed by atoms with E-state index in [1.807, 2.05) is 0 Å². The number of benzene rings is 1. The van der Waals surface area contributed by atoms with E-state index in [-0.39, 0.29) is 45.6 Å². The van der Waals surface area contributed by atoms with Gasteiger partial charge in [0.05, 0.1) is 0 Å². The molecule has 103 valence electrons. The summed E-state index contributed by atoms with van der Waals surface area (Å²) in [5.41, 5.74) is 6.10. The number of fused-ring (bicyclic) bond motifs is 1. The molecule has 1 aliphatic carbocycles. The third-order valence-electron chi connectivity index (χ3n) is 4.04. The van der Waals surface area contributed by atoms with Gasteiger partial charge in [-0.05, 0) is 10.8 Å². The molecule has 19 heavy (non-hydrogen) atoms. The molecule has 1 aromatic carbocycles. The largest absolute Gasteiger partial charge is 0.358 e. The molecular formula is C18H26Y-2. The van der Waals surface area contributed by atoms with Gasteiger partial charge in [0.2, 0.25) is 0 Å². The van der Waals surface area contributed by atoms with Crippen LogP contribution in [0.25, 0.3) is 0 Å². The van der Waals surface area contributed by atoms with E-state index in [9.17, 15) is 0 Å². The molecule has 0 atom stereocenters. The van der Waals surface area contributed by atoms with E-state index >= 15 is 0 Å². The predicted octanol–water partition coefficient (Wildman–Crippen LogP) is 4.99. The normalized spacial score (nSPS) is 16.1. The molecule has 0 heterocycles. The standard InChI is InChI=1S/C17H23.CH3.Y/c1-7-12-10-13(16(2,3)4)11-15-14(12)8-9-17(15,5)6;;/h10-11H,1,8-9H2,2-6H3;1H3;/q2*-1;. The third-order valence-corrected chi connectivity index (χ3v) is 4.04. The van der Waals surface area contributed by atoms with Crippen LogP contribution in [0.4, 0.5) is 0 Å². The molecule has 1 aliphatic rings. The predicted molar refractivity (Wildman–Crippen MR) is 80.9 cm³/mol. The number of hydrogen-bond acceptors (Lipinski definition) is 0. The number of rotatable bonds is 1. The van der Waals surface area contributed by atoms with Crippen molar-refractivity contribution in [3.8, 4) is 0 Å². The molecular weight excluding hydrogens is 305 g/mol. The van der Waals surface area contributed by atoms with Gasteiger partial charge >= 0.3 is 0 Å². The van der Waals surface area contributed by atoms with Gasteiger partial charge in [-0.2, -0.15) is 24.3 Å². The first kappa shape index (κ1) is 19.1. The van der Waals surface area contributed by atoms with Gasteiger partial charge in [0, 0.05) is 32.7 Å². The average molecular weight is 331 g/mol. The Balaban J connectivity index is 0.00000162. The summed E-state index contributed by atoms with van der Waals surface area (Å²) in [6, 6.07) is 4.68. The second kappa shape index (κ2) is 6.23. The second-order valence-corrected chi connectivity index (χ2v) is 6.86. The molecule has 0 fully saturated rings. The zero-order valence-corrected chi connectivity index (χ0v) is 16.2. The summed E-state index contributed by atoms with van der Waals surface area (Å²) < 4.78 is 0. The van der Waals surface area contributed by atoms with Crippen LogP contribution in [-0.4, -0.2) is 0 Å². The topological polar surface area (TPSA) is 0 Å². The Hall–Kier alpha value is 0.0639. The molecule has 1 radical (unpaired) electrons. The summed E-state index contributed by atoms with van der Waals surface area (Å²) in [4.78, 5) is 0. The molecule has 0 bridgehead atoms. The van der Waals surface area contributed by atoms with E-state index in [2.05, 4.69) is 59.4 Å². The zero-order chi connectivity index (χ0) is 12.8. The van der Waals surface area contributed by atoms with Crippen molar-refractivity contribution < 1.29 is 32.7 Å². The van der Waals surface area contributed by atoms with Crippen molar-refractivity contribution in [3.05, 3.63) is 54.5 Å². The van der Waals surface area contributed by atoms with Crippen LogP contribution in [0.2, 0.25) is 0 Å². The van der Waals surface area contributed by atoms with Crippen LogP contribution in [-0.2, 0) is 50.0 Å². The molecule has 0 saturated heterocycles. The van der Waals surface area contributed by atoms with Crippen LogP contribution in [0.15, 0.2) is 18.7 Å². The van der Waals surface area contributed by atoms with Crippen molar-refractivity contribution in [1.29, 1.82) is 0 Å². The Kier molecular flexibility index (Phi) is 6.25. The Morgan fingerprint density at radius 2 is 1.79 bits per heavy atom. The molecule has 0 aromatic heterocycles. The van der Waals surface area contributed by atoms with Crippen molar-refractivity contribution in [2.45, 2.75) is 58.3 Å². The molecule has 0 spiro atoms. The molecule has 0 unspecified atom stereocenters. The maximum absolute atomic E-state index is 3.85. The van der Waals surface area contributed by atoms with Gasteiger partial charge in [0.25, 0.3) is 0 Å². The van der Waals surface area contributed by atoms with Crippen molar-refractivity contribution in [2.24, 2.45) is 0 Å². The zero-order valence-electron chi connectivity index (χ0n) is 13.4. The molecule has 0 N–H and O–H groups in total. The first-order chi connectivity index (χ1) is 7.75. The van der Waals surface area contributed by atoms with E-state index in [1.54, 1.807) is 0 Å². The Morgan fingerprint density at radius 1 is 1.21 bits per heavy atom. The van der Waals surface area contributed by atoms with Crippen molar-refractivity contribution in [1.82, 2.24) is 0 Å². The molecule has 1 heteroatoms. The molecule has 2 rings (SSSR count). The van der Waals surface area contributed by atoms with Gasteiger partial charge in [-0.1, -0.05) is 64.7 Å². The third kappa shape index (κ3) is 3.58. The SMILES string of the molecule is C=[C-]c1cc(C(C)(C)C)cc2c1CCC2(C)C.[CH3-].[Y]. The Labute approximate surface area is 145 Å². The van der Waals surface area contributed by atoms with E-state index in [0.29, 0.717) is 5.41 Å². The maximum atomic E-state index is 3.85. The summed E-state index contributed by atoms with van der Waals surface area (Å²) >= 11 is 0. The minimum absolute atomic E-state index is 0. The minimum Gasteiger partial charge on any atom is -0.358 e. The van der Waals surface area contributed by atoms with Crippen molar-refractivity contribution in [2.75, 3.05) is 0 Å². The summed E-state index contributed by atoms with van der Waals surface area (Å²) in [7, 11) is 0. The quantitative estimate of drug-likeness (QED) is 0.636. The van der Waals surface area contributed by atoms with Crippen LogP contribution >= 0.6 is 0 Å². The molecule has 0 nitrogen and oxygen atoms in total. The summed E-state index contributed by atoms with van der Waals surface area (Å²) in [6.45, 7) is 15.3. The maximum Gasteiger partial charge on any atom is 0 e. The molecule has 1 aromatic rings. The number of hydrogen-bond donors (Lipinski definition) is 0. The summed E-state index contributed by atoms with van der Waals surface area (Å²) in [5.74, 6) is 0. The van der Waals surface area contributed by atoms with E-state index in [1.165, 1.54) is 35.1 Å². The first-order valence-corrected chi connectivity index (χ1v) is 6.47. The van der Waals surface area contributed by atoms with Crippen LogP contribution in [0.3, 0.4) is 0 Å². The first-order valence-electron chi connectivity index (χ1n) is 6.47. The van der Waals surface area contributed by atoms with Gasteiger partial charge in [-0.25, -0.2) is 0 Å². The molecule has 0 amide bonds. The summed E-state index contributed by atoms with van der Waals surface area (Å²) in [5, 5.41) is 0. The van der Waals surface area contributed by atoms with Crippen LogP contribution < -0.4 is 0 Å². The van der Waals surface area contributed by atoms with E-state index in [0.717, 1.165) is 0 Å². The van der Waals surface area contributed by atoms with E-state index < -0.39 is 0 Å². The van der Waals surface area contributed by atoms with Crippen molar-refractivity contribution in [3.63, 3.8) is 0 Å². The van der Waals surface area contributed by atoms with Gasteiger partial charge < -0.3 is 7.43 Å². The van der Waals surface area contributed by atoms with E-state index in [4.69, 9.17) is 0 Å². The Bertz CT molecular complexity index is 461. The molecule has 0 saturated carbocycles. The van der Waals surface area contributed by atoms with Crippen LogP contribution in [0.5, 0.6) is 0 Å². The van der Waals surface area contributed by atoms with Gasteiger partial charge in [0.15, 0.2) is 0 Å². The average Bonchev–Trinajstić information content (AvgIpc) is 2.53. The fourth-order valence-electron chi connectivity index (χ4n) is 2.71. The fourth-order valence-corrected chi connectivity index (χ4v) is 2.71. The fraction of sp³-hybridized carbons (Fsp3) is 0.500. The Morgan fingerprint density at radius 3 is 2.26 bits per heavy atom. The molecule has 0 aliphatic heterocycles. The minimum atomic E-state index is 0. The van der Waals surface area contributed by atoms with Crippen LogP contribution in [0.1, 0.15) is 63.3 Å². The van der Waals surface area contributed by atoms with Crippen molar-refractivity contribution >= 4 is 0 Å². The van der Waals surface area contributed by atoms with Gasteiger partial charge in [-0.15, -0.1) is 5.56 Å². The smallest absolute Gasteiger partial charge is 0 e. The summed E-state index contributed by atoms with van der Waals surface area (Å²) in [6.07, 6.45) is 5.54. The van der Waals surface area contributed by atoms with Gasteiger partial charge in [-0.3, -0.25) is 0 Å². The monoisotopic (exact) mass is 331 g/mol. The van der Waals surface area contributed by atoms with Crippen LogP contribution in [0, 0.1) is 13.5 Å².